The fourth-order valence-electron chi connectivity index (χ4n) is 2.47. The first-order chi connectivity index (χ1) is 14.8. The summed E-state index contributed by atoms with van der Waals surface area (Å²) in [5.74, 6) is -5.33. The Labute approximate surface area is 184 Å². The summed E-state index contributed by atoms with van der Waals surface area (Å²) in [6.45, 7) is -0.479. The van der Waals surface area contributed by atoms with E-state index in [1.807, 2.05) is 0 Å². The van der Waals surface area contributed by atoms with Crippen molar-refractivity contribution in [1.29, 1.82) is 0 Å². The lowest BCUT2D eigenvalue weighted by molar-refractivity contribution is -0.122. The van der Waals surface area contributed by atoms with Crippen LogP contribution in [0.2, 0.25) is 5.02 Å². The van der Waals surface area contributed by atoms with Gasteiger partial charge in [0.05, 0.1) is 18.0 Å². The molecule has 2 N–H and O–H groups in total. The number of benzene rings is 2. The SMILES string of the molecule is Cn1c(SCC(=O)NCC(=O)Nc2ccc(F)c(F)c2F)nnc1-c1ccc(Cl)cc1. The number of carbonyl (C=O) groups excluding carboxylic acids is 2. The maximum Gasteiger partial charge on any atom is 0.243 e. The molecule has 0 spiro atoms. The Kier molecular flexibility index (Phi) is 7.18. The van der Waals surface area contributed by atoms with E-state index in [4.69, 9.17) is 11.6 Å². The summed E-state index contributed by atoms with van der Waals surface area (Å²) in [7, 11) is 1.74. The quantitative estimate of drug-likeness (QED) is 0.409. The average molecular weight is 470 g/mol. The molecule has 0 saturated heterocycles. The lowest BCUT2D eigenvalue weighted by Gasteiger charge is -2.08. The predicted octanol–water partition coefficient (Wildman–Crippen LogP) is 3.40. The molecule has 2 amide bonds. The molecule has 31 heavy (non-hydrogen) atoms. The molecule has 0 aliphatic carbocycles. The van der Waals surface area contributed by atoms with Crippen LogP contribution in [0.3, 0.4) is 0 Å². The van der Waals surface area contributed by atoms with Gasteiger partial charge in [0.2, 0.25) is 11.8 Å². The normalized spacial score (nSPS) is 10.7. The van der Waals surface area contributed by atoms with Crippen LogP contribution in [0.1, 0.15) is 0 Å². The number of halogens is 4. The van der Waals surface area contributed by atoms with E-state index in [-0.39, 0.29) is 5.75 Å². The molecule has 0 atom stereocenters. The fraction of sp³-hybridized carbons (Fsp3) is 0.158. The highest BCUT2D eigenvalue weighted by Gasteiger charge is 2.16. The number of nitrogens with one attached hydrogen (secondary N) is 2. The average Bonchev–Trinajstić information content (AvgIpc) is 3.12. The standard InChI is InChI=1S/C19H15ClF3N5O2S/c1-28-18(10-2-4-11(20)5-3-10)26-27-19(28)31-9-15(30)24-8-14(29)25-13-7-6-12(21)16(22)17(13)23/h2-7H,8-9H2,1H3,(H,24,30)(H,25,29). The van der Waals surface area contributed by atoms with Gasteiger partial charge in [-0.3, -0.25) is 9.59 Å². The summed E-state index contributed by atoms with van der Waals surface area (Å²) in [5, 5.41) is 13.6. The second kappa shape index (κ2) is 9.84. The van der Waals surface area contributed by atoms with Crippen LogP contribution in [0.15, 0.2) is 41.6 Å². The van der Waals surface area contributed by atoms with Gasteiger partial charge in [0.1, 0.15) is 0 Å². The first-order valence-corrected chi connectivity index (χ1v) is 10.1. The summed E-state index contributed by atoms with van der Waals surface area (Å²) in [6.07, 6.45) is 0. The Hall–Kier alpha value is -3.05. The van der Waals surface area contributed by atoms with Gasteiger partial charge in [-0.05, 0) is 36.4 Å². The van der Waals surface area contributed by atoms with E-state index in [0.717, 1.165) is 23.4 Å². The predicted molar refractivity (Wildman–Crippen MR) is 110 cm³/mol. The van der Waals surface area contributed by atoms with Gasteiger partial charge in [-0.15, -0.1) is 10.2 Å². The van der Waals surface area contributed by atoms with Crippen molar-refractivity contribution in [2.75, 3.05) is 17.6 Å². The van der Waals surface area contributed by atoms with Crippen LogP contribution in [0, 0.1) is 17.5 Å². The smallest absolute Gasteiger partial charge is 0.243 e. The number of hydrogen-bond donors (Lipinski definition) is 2. The molecule has 162 valence electrons. The Morgan fingerprint density at radius 3 is 2.45 bits per heavy atom. The zero-order valence-corrected chi connectivity index (χ0v) is 17.5. The van der Waals surface area contributed by atoms with Gasteiger partial charge in [0.15, 0.2) is 28.4 Å². The van der Waals surface area contributed by atoms with E-state index in [2.05, 4.69) is 20.8 Å². The summed E-state index contributed by atoms with van der Waals surface area (Å²) in [4.78, 5) is 23.8. The molecule has 1 heterocycles. The minimum Gasteiger partial charge on any atom is -0.346 e. The maximum absolute atomic E-state index is 13.6. The van der Waals surface area contributed by atoms with Crippen LogP contribution < -0.4 is 10.6 Å². The molecule has 12 heteroatoms. The van der Waals surface area contributed by atoms with Crippen LogP contribution in [0.5, 0.6) is 0 Å². The van der Waals surface area contributed by atoms with E-state index < -0.39 is 41.5 Å². The number of hydrogen-bond acceptors (Lipinski definition) is 5. The topological polar surface area (TPSA) is 88.9 Å². The lowest BCUT2D eigenvalue weighted by Crippen LogP contribution is -2.34. The van der Waals surface area contributed by atoms with Gasteiger partial charge in [0, 0.05) is 17.6 Å². The third-order valence-electron chi connectivity index (χ3n) is 4.03. The molecule has 0 radical (unpaired) electrons. The van der Waals surface area contributed by atoms with E-state index in [0.29, 0.717) is 22.1 Å². The maximum atomic E-state index is 13.6. The second-order valence-corrected chi connectivity index (χ2v) is 7.59. The molecule has 0 aliphatic rings. The molecule has 2 aromatic carbocycles. The first-order valence-electron chi connectivity index (χ1n) is 8.74. The largest absolute Gasteiger partial charge is 0.346 e. The summed E-state index contributed by atoms with van der Waals surface area (Å²) >= 11 is 6.98. The molecule has 3 rings (SSSR count). The van der Waals surface area contributed by atoms with Crippen molar-refractivity contribution in [2.45, 2.75) is 5.16 Å². The second-order valence-electron chi connectivity index (χ2n) is 6.21. The van der Waals surface area contributed by atoms with Crippen molar-refractivity contribution >= 4 is 40.9 Å². The highest BCUT2D eigenvalue weighted by molar-refractivity contribution is 7.99. The van der Waals surface area contributed by atoms with E-state index >= 15 is 0 Å². The van der Waals surface area contributed by atoms with E-state index in [1.165, 1.54) is 0 Å². The van der Waals surface area contributed by atoms with Crippen LogP contribution in [0.25, 0.3) is 11.4 Å². The molecule has 0 bridgehead atoms. The third-order valence-corrected chi connectivity index (χ3v) is 5.30. The molecule has 3 aromatic rings. The van der Waals surface area contributed by atoms with Crippen LogP contribution in [0.4, 0.5) is 18.9 Å². The number of rotatable bonds is 7. The van der Waals surface area contributed by atoms with Gasteiger partial charge in [0.25, 0.3) is 0 Å². The zero-order chi connectivity index (χ0) is 22.5. The number of thioether (sulfide) groups is 1. The van der Waals surface area contributed by atoms with Crippen molar-refractivity contribution in [3.05, 3.63) is 58.9 Å². The highest BCUT2D eigenvalue weighted by atomic mass is 35.5. The van der Waals surface area contributed by atoms with Gasteiger partial charge >= 0.3 is 0 Å². The Morgan fingerprint density at radius 1 is 1.03 bits per heavy atom. The van der Waals surface area contributed by atoms with Crippen molar-refractivity contribution in [2.24, 2.45) is 7.05 Å². The number of amides is 2. The molecule has 0 aliphatic heterocycles. The lowest BCUT2D eigenvalue weighted by atomic mass is 10.2. The summed E-state index contributed by atoms with van der Waals surface area (Å²) < 4.78 is 41.4. The molecule has 0 fully saturated rings. The van der Waals surface area contributed by atoms with Crippen molar-refractivity contribution in [3.8, 4) is 11.4 Å². The number of nitrogens with zero attached hydrogens (tertiary/aromatic N) is 3. The van der Waals surface area contributed by atoms with Crippen molar-refractivity contribution in [1.82, 2.24) is 20.1 Å². The Morgan fingerprint density at radius 2 is 1.74 bits per heavy atom. The van der Waals surface area contributed by atoms with Gasteiger partial charge in [-0.1, -0.05) is 23.4 Å². The minimum atomic E-state index is -1.69. The zero-order valence-electron chi connectivity index (χ0n) is 16.0. The van der Waals surface area contributed by atoms with Crippen molar-refractivity contribution in [3.63, 3.8) is 0 Å². The molecular formula is C19H15ClF3N5O2S. The first kappa shape index (κ1) is 22.6. The number of anilines is 1. The van der Waals surface area contributed by atoms with Crippen LogP contribution in [-0.2, 0) is 16.6 Å². The van der Waals surface area contributed by atoms with Crippen LogP contribution >= 0.6 is 23.4 Å². The molecule has 0 saturated carbocycles. The monoisotopic (exact) mass is 469 g/mol. The molecule has 7 nitrogen and oxygen atoms in total. The Balaban J connectivity index is 1.50. The van der Waals surface area contributed by atoms with Gasteiger partial charge < -0.3 is 15.2 Å². The molecule has 1 aromatic heterocycles. The summed E-state index contributed by atoms with van der Waals surface area (Å²) in [5.41, 5.74) is 0.276. The fourth-order valence-corrected chi connectivity index (χ4v) is 3.33. The highest BCUT2D eigenvalue weighted by Crippen LogP contribution is 2.24. The van der Waals surface area contributed by atoms with E-state index in [9.17, 15) is 22.8 Å². The van der Waals surface area contributed by atoms with Crippen LogP contribution in [-0.4, -0.2) is 38.9 Å². The Bertz CT molecular complexity index is 1120. The van der Waals surface area contributed by atoms with Gasteiger partial charge in [-0.2, -0.15) is 0 Å². The minimum absolute atomic E-state index is 0.0561. The van der Waals surface area contributed by atoms with Gasteiger partial charge in [-0.25, -0.2) is 13.2 Å². The number of carbonyl (C=O) groups is 2. The summed E-state index contributed by atoms with van der Waals surface area (Å²) in [6, 6.07) is 8.61. The molecular weight excluding hydrogens is 455 g/mol. The van der Waals surface area contributed by atoms with E-state index in [1.54, 1.807) is 35.9 Å². The molecule has 0 unspecified atom stereocenters. The number of aromatic nitrogens is 3. The van der Waals surface area contributed by atoms with Crippen molar-refractivity contribution < 1.29 is 22.8 Å². The third kappa shape index (κ3) is 5.56.